The lowest BCUT2D eigenvalue weighted by Crippen LogP contribution is -2.14. The molecule has 2 aromatic heterocycles. The highest BCUT2D eigenvalue weighted by Crippen LogP contribution is 2.23. The quantitative estimate of drug-likeness (QED) is 0.941. The van der Waals surface area contributed by atoms with Crippen LogP contribution in [0.2, 0.25) is 0 Å². The molecule has 0 fully saturated rings. The molecule has 7 heteroatoms. The third-order valence-corrected chi connectivity index (χ3v) is 3.64. The minimum absolute atomic E-state index is 0.164. The van der Waals surface area contributed by atoms with Gasteiger partial charge in [0.15, 0.2) is 0 Å². The lowest BCUT2D eigenvalue weighted by molar-refractivity contribution is 0.102. The first-order valence-electron chi connectivity index (χ1n) is 5.33. The van der Waals surface area contributed by atoms with E-state index in [4.69, 9.17) is 0 Å². The Bertz CT molecular complexity index is 570. The van der Waals surface area contributed by atoms with E-state index in [1.54, 1.807) is 12.3 Å². The number of halogens is 1. The minimum Gasteiger partial charge on any atom is -0.305 e. The van der Waals surface area contributed by atoms with Gasteiger partial charge >= 0.3 is 0 Å². The average Bonchev–Trinajstić information content (AvgIpc) is 2.81. The third kappa shape index (κ3) is 2.73. The van der Waals surface area contributed by atoms with Gasteiger partial charge in [0.05, 0.1) is 10.2 Å². The van der Waals surface area contributed by atoms with Crippen LogP contribution in [0, 0.1) is 0 Å². The largest absolute Gasteiger partial charge is 0.305 e. The molecule has 0 aliphatic carbocycles. The first kappa shape index (κ1) is 13.1. The predicted octanol–water partition coefficient (Wildman–Crippen LogP) is 3.07. The van der Waals surface area contributed by atoms with E-state index in [-0.39, 0.29) is 11.8 Å². The highest BCUT2D eigenvalue weighted by molar-refractivity contribution is 9.10. The van der Waals surface area contributed by atoms with E-state index in [2.05, 4.69) is 35.8 Å². The number of carbonyl (C=O) groups excluding carboxylic acids is 1. The van der Waals surface area contributed by atoms with Crippen LogP contribution in [0.1, 0.15) is 35.1 Å². The highest BCUT2D eigenvalue weighted by atomic mass is 79.9. The molecule has 94 valence electrons. The van der Waals surface area contributed by atoms with Crippen molar-refractivity contribution in [3.63, 3.8) is 0 Å². The summed E-state index contributed by atoms with van der Waals surface area (Å²) < 4.78 is 4.57. The summed E-state index contributed by atoms with van der Waals surface area (Å²) in [6.45, 7) is 3.95. The van der Waals surface area contributed by atoms with Crippen LogP contribution in [0.4, 0.5) is 5.82 Å². The Hall–Kier alpha value is -1.34. The first-order chi connectivity index (χ1) is 8.59. The molecule has 0 unspecified atom stereocenters. The number of carbonyl (C=O) groups is 1. The summed E-state index contributed by atoms with van der Waals surface area (Å²) >= 11 is 4.43. The summed E-state index contributed by atoms with van der Waals surface area (Å²) in [5.74, 6) is 0.426. The van der Waals surface area contributed by atoms with Crippen LogP contribution in [-0.4, -0.2) is 20.5 Å². The van der Waals surface area contributed by atoms with Gasteiger partial charge in [-0.2, -0.15) is 0 Å². The molecule has 0 radical (unpaired) electrons. The van der Waals surface area contributed by atoms with Gasteiger partial charge in [-0.05, 0) is 45.5 Å². The zero-order chi connectivity index (χ0) is 13.1. The zero-order valence-corrected chi connectivity index (χ0v) is 12.2. The van der Waals surface area contributed by atoms with Crippen LogP contribution in [0.25, 0.3) is 0 Å². The van der Waals surface area contributed by atoms with Gasteiger partial charge in [0, 0.05) is 6.20 Å². The van der Waals surface area contributed by atoms with Gasteiger partial charge in [0.1, 0.15) is 10.7 Å². The van der Waals surface area contributed by atoms with Gasteiger partial charge in [0.2, 0.25) is 0 Å². The van der Waals surface area contributed by atoms with Crippen LogP contribution in [-0.2, 0) is 0 Å². The second-order valence-corrected chi connectivity index (χ2v) is 5.54. The highest BCUT2D eigenvalue weighted by Gasteiger charge is 2.19. The number of aromatic nitrogens is 3. The van der Waals surface area contributed by atoms with E-state index >= 15 is 0 Å². The molecule has 0 atom stereocenters. The SMILES string of the molecule is CC(C)c1nnsc1C(=O)Nc1ncccc1Br. The lowest BCUT2D eigenvalue weighted by Gasteiger charge is -2.06. The van der Waals surface area contributed by atoms with Gasteiger partial charge in [-0.1, -0.05) is 18.3 Å². The molecule has 0 aromatic carbocycles. The fourth-order valence-corrected chi connectivity index (χ4v) is 2.44. The van der Waals surface area contributed by atoms with Crippen LogP contribution >= 0.6 is 27.5 Å². The fourth-order valence-electron chi connectivity index (χ4n) is 1.37. The number of anilines is 1. The van der Waals surface area contributed by atoms with Gasteiger partial charge < -0.3 is 5.32 Å². The molecule has 0 saturated carbocycles. The molecule has 1 amide bonds. The van der Waals surface area contributed by atoms with Crippen molar-refractivity contribution in [3.8, 4) is 0 Å². The number of nitrogens with zero attached hydrogens (tertiary/aromatic N) is 3. The van der Waals surface area contributed by atoms with Crippen LogP contribution < -0.4 is 5.32 Å². The number of hydrogen-bond acceptors (Lipinski definition) is 5. The van der Waals surface area contributed by atoms with Crippen molar-refractivity contribution in [2.24, 2.45) is 0 Å². The predicted molar refractivity (Wildman–Crippen MR) is 73.9 cm³/mol. The van der Waals surface area contributed by atoms with Gasteiger partial charge in [-0.15, -0.1) is 5.10 Å². The standard InChI is InChI=1S/C11H11BrN4OS/c1-6(2)8-9(18-16-15-8)11(17)14-10-7(12)4-3-5-13-10/h3-6H,1-2H3,(H,13,14,17). The lowest BCUT2D eigenvalue weighted by atomic mass is 10.1. The number of nitrogens with one attached hydrogen (secondary N) is 1. The normalized spacial score (nSPS) is 10.7. The van der Waals surface area contributed by atoms with E-state index in [1.165, 1.54) is 0 Å². The number of amides is 1. The van der Waals surface area contributed by atoms with Crippen molar-refractivity contribution in [2.45, 2.75) is 19.8 Å². The van der Waals surface area contributed by atoms with Crippen molar-refractivity contribution in [3.05, 3.63) is 33.4 Å². The summed E-state index contributed by atoms with van der Waals surface area (Å²) in [5, 5.41) is 6.72. The Labute approximate surface area is 117 Å². The van der Waals surface area contributed by atoms with E-state index in [9.17, 15) is 4.79 Å². The van der Waals surface area contributed by atoms with Crippen molar-refractivity contribution in [2.75, 3.05) is 5.32 Å². The molecule has 2 heterocycles. The van der Waals surface area contributed by atoms with Crippen LogP contribution in [0.3, 0.4) is 0 Å². The molecule has 18 heavy (non-hydrogen) atoms. The maximum atomic E-state index is 12.1. The zero-order valence-electron chi connectivity index (χ0n) is 9.85. The van der Waals surface area contributed by atoms with Crippen molar-refractivity contribution in [1.82, 2.24) is 14.6 Å². The van der Waals surface area contributed by atoms with Crippen LogP contribution in [0.15, 0.2) is 22.8 Å². The smallest absolute Gasteiger partial charge is 0.270 e. The van der Waals surface area contributed by atoms with Crippen molar-refractivity contribution < 1.29 is 4.79 Å². The summed E-state index contributed by atoms with van der Waals surface area (Å²) in [7, 11) is 0. The summed E-state index contributed by atoms with van der Waals surface area (Å²) in [6.07, 6.45) is 1.62. The minimum atomic E-state index is -0.229. The van der Waals surface area contributed by atoms with Gasteiger partial charge in [0.25, 0.3) is 5.91 Å². The topological polar surface area (TPSA) is 67.8 Å². The van der Waals surface area contributed by atoms with Crippen molar-refractivity contribution >= 4 is 39.2 Å². The number of rotatable bonds is 3. The molecule has 0 bridgehead atoms. The Morgan fingerprint density at radius 3 is 2.94 bits per heavy atom. The summed E-state index contributed by atoms with van der Waals surface area (Å²) in [5.41, 5.74) is 0.713. The molecular weight excluding hydrogens is 316 g/mol. The van der Waals surface area contributed by atoms with E-state index < -0.39 is 0 Å². The number of pyridine rings is 1. The second kappa shape index (κ2) is 5.53. The first-order valence-corrected chi connectivity index (χ1v) is 6.90. The molecule has 5 nitrogen and oxygen atoms in total. The summed E-state index contributed by atoms with van der Waals surface area (Å²) in [4.78, 5) is 16.7. The molecular formula is C11H11BrN4OS. The molecule has 2 rings (SSSR count). The van der Waals surface area contributed by atoms with E-state index in [0.29, 0.717) is 16.4 Å². The molecule has 0 aliphatic rings. The van der Waals surface area contributed by atoms with Gasteiger partial charge in [-0.25, -0.2) is 4.98 Å². The van der Waals surface area contributed by atoms with E-state index in [0.717, 1.165) is 16.0 Å². The third-order valence-electron chi connectivity index (χ3n) is 2.26. The Morgan fingerprint density at radius 2 is 2.28 bits per heavy atom. The average molecular weight is 327 g/mol. The van der Waals surface area contributed by atoms with Crippen LogP contribution in [0.5, 0.6) is 0 Å². The van der Waals surface area contributed by atoms with E-state index in [1.807, 2.05) is 19.9 Å². The molecule has 0 saturated heterocycles. The fraction of sp³-hybridized carbons (Fsp3) is 0.273. The monoisotopic (exact) mass is 326 g/mol. The number of hydrogen-bond donors (Lipinski definition) is 1. The maximum absolute atomic E-state index is 12.1. The molecule has 1 N–H and O–H groups in total. The van der Waals surface area contributed by atoms with Crippen molar-refractivity contribution in [1.29, 1.82) is 0 Å². The summed E-state index contributed by atoms with van der Waals surface area (Å²) in [6, 6.07) is 3.60. The Kier molecular flexibility index (Phi) is 4.03. The Morgan fingerprint density at radius 1 is 1.50 bits per heavy atom. The second-order valence-electron chi connectivity index (χ2n) is 3.93. The Balaban J connectivity index is 2.23. The molecule has 2 aromatic rings. The molecule has 0 spiro atoms. The van der Waals surface area contributed by atoms with Gasteiger partial charge in [-0.3, -0.25) is 4.79 Å². The molecule has 0 aliphatic heterocycles. The maximum Gasteiger partial charge on any atom is 0.270 e.